The summed E-state index contributed by atoms with van der Waals surface area (Å²) < 4.78 is 8.31. The Balaban J connectivity index is 2.01. The van der Waals surface area contributed by atoms with Crippen LogP contribution in [0.15, 0.2) is 35.2 Å². The van der Waals surface area contributed by atoms with Crippen molar-refractivity contribution < 1.29 is 9.53 Å². The van der Waals surface area contributed by atoms with E-state index in [1.165, 1.54) is 0 Å². The largest absolute Gasteiger partial charge is 0.444 e. The SMILES string of the molecule is Cc1cc(Br)ccc1-n1cncc1CCNC(=O)OC(C)(C)C. The second-order valence-corrected chi connectivity index (χ2v) is 7.28. The van der Waals surface area contributed by atoms with Gasteiger partial charge in [-0.2, -0.15) is 0 Å². The van der Waals surface area contributed by atoms with Crippen LogP contribution in [0.3, 0.4) is 0 Å². The van der Waals surface area contributed by atoms with E-state index < -0.39 is 11.7 Å². The molecule has 0 radical (unpaired) electrons. The first-order chi connectivity index (χ1) is 10.8. The third-order valence-corrected chi connectivity index (χ3v) is 3.68. The molecule has 0 aliphatic carbocycles. The number of aromatic nitrogens is 2. The number of nitrogens with one attached hydrogen (secondary N) is 1. The zero-order valence-electron chi connectivity index (χ0n) is 13.9. The molecule has 0 aliphatic rings. The highest BCUT2D eigenvalue weighted by Crippen LogP contribution is 2.20. The Labute approximate surface area is 145 Å². The van der Waals surface area contributed by atoms with E-state index in [0.717, 1.165) is 21.4 Å². The molecule has 0 spiro atoms. The lowest BCUT2D eigenvalue weighted by molar-refractivity contribution is 0.0528. The smallest absolute Gasteiger partial charge is 0.407 e. The summed E-state index contributed by atoms with van der Waals surface area (Å²) in [6.45, 7) is 8.09. The summed E-state index contributed by atoms with van der Waals surface area (Å²) in [5.74, 6) is 0. The molecule has 23 heavy (non-hydrogen) atoms. The standard InChI is InChI=1S/C17H22BrN3O2/c1-12-9-13(18)5-6-15(12)21-11-19-10-14(21)7-8-20-16(22)23-17(2,3)4/h5-6,9-11H,7-8H2,1-4H3,(H,20,22). The summed E-state index contributed by atoms with van der Waals surface area (Å²) in [7, 11) is 0. The van der Waals surface area contributed by atoms with Crippen molar-refractivity contribution in [1.82, 2.24) is 14.9 Å². The first-order valence-electron chi connectivity index (χ1n) is 7.51. The Morgan fingerprint density at radius 3 is 2.78 bits per heavy atom. The highest BCUT2D eigenvalue weighted by Gasteiger charge is 2.16. The van der Waals surface area contributed by atoms with Crippen molar-refractivity contribution in [3.8, 4) is 5.69 Å². The van der Waals surface area contributed by atoms with E-state index in [1.807, 2.05) is 43.7 Å². The van der Waals surface area contributed by atoms with Crippen LogP contribution in [-0.2, 0) is 11.2 Å². The molecule has 1 aromatic carbocycles. The average Bonchev–Trinajstić information content (AvgIpc) is 2.85. The molecule has 1 amide bonds. The number of alkyl carbamates (subject to hydrolysis) is 1. The number of benzene rings is 1. The maximum atomic E-state index is 11.7. The van der Waals surface area contributed by atoms with Crippen LogP contribution in [0.25, 0.3) is 5.69 Å². The number of amides is 1. The van der Waals surface area contributed by atoms with Crippen molar-refractivity contribution >= 4 is 22.0 Å². The Kier molecular flexibility index (Phi) is 5.46. The molecule has 5 nitrogen and oxygen atoms in total. The minimum atomic E-state index is -0.486. The number of ether oxygens (including phenoxy) is 1. The van der Waals surface area contributed by atoms with Gasteiger partial charge in [-0.15, -0.1) is 0 Å². The lowest BCUT2D eigenvalue weighted by atomic mass is 10.2. The summed E-state index contributed by atoms with van der Waals surface area (Å²) in [5.41, 5.74) is 2.78. The van der Waals surface area contributed by atoms with Gasteiger partial charge >= 0.3 is 6.09 Å². The molecule has 1 N–H and O–H groups in total. The normalized spacial score (nSPS) is 11.3. The third kappa shape index (κ3) is 5.10. The van der Waals surface area contributed by atoms with E-state index in [1.54, 1.807) is 6.33 Å². The Bertz CT molecular complexity index is 689. The molecular weight excluding hydrogens is 358 g/mol. The maximum Gasteiger partial charge on any atom is 0.407 e. The highest BCUT2D eigenvalue weighted by molar-refractivity contribution is 9.10. The van der Waals surface area contributed by atoms with Crippen molar-refractivity contribution in [2.24, 2.45) is 0 Å². The van der Waals surface area contributed by atoms with Crippen LogP contribution in [-0.4, -0.2) is 27.8 Å². The van der Waals surface area contributed by atoms with E-state index >= 15 is 0 Å². The molecule has 0 atom stereocenters. The fraction of sp³-hybridized carbons (Fsp3) is 0.412. The molecule has 124 valence electrons. The van der Waals surface area contributed by atoms with E-state index in [9.17, 15) is 4.79 Å². The molecule has 0 fully saturated rings. The molecule has 6 heteroatoms. The maximum absolute atomic E-state index is 11.7. The van der Waals surface area contributed by atoms with Crippen molar-refractivity contribution in [3.63, 3.8) is 0 Å². The number of carbonyl (C=O) groups excluding carboxylic acids is 1. The van der Waals surface area contributed by atoms with Crippen molar-refractivity contribution in [2.75, 3.05) is 6.54 Å². The fourth-order valence-corrected chi connectivity index (χ4v) is 2.70. The summed E-state index contributed by atoms with van der Waals surface area (Å²) in [6.07, 6.45) is 3.88. The van der Waals surface area contributed by atoms with E-state index in [-0.39, 0.29) is 0 Å². The lowest BCUT2D eigenvalue weighted by Crippen LogP contribution is -2.33. The topological polar surface area (TPSA) is 56.2 Å². The number of hydrogen-bond donors (Lipinski definition) is 1. The first-order valence-corrected chi connectivity index (χ1v) is 8.30. The zero-order chi connectivity index (χ0) is 17.0. The van der Waals surface area contributed by atoms with Gasteiger partial charge in [-0.25, -0.2) is 9.78 Å². The zero-order valence-corrected chi connectivity index (χ0v) is 15.5. The molecule has 0 unspecified atom stereocenters. The van der Waals surface area contributed by atoms with Crippen molar-refractivity contribution in [1.29, 1.82) is 0 Å². The van der Waals surface area contributed by atoms with Crippen LogP contribution in [0, 0.1) is 6.92 Å². The number of nitrogens with zero attached hydrogens (tertiary/aromatic N) is 2. The van der Waals surface area contributed by atoms with Gasteiger partial charge in [0.2, 0.25) is 0 Å². The number of halogens is 1. The van der Waals surface area contributed by atoms with Gasteiger partial charge in [-0.05, 0) is 51.5 Å². The van der Waals surface area contributed by atoms with Crippen LogP contribution in [0.5, 0.6) is 0 Å². The van der Waals surface area contributed by atoms with Crippen LogP contribution < -0.4 is 5.32 Å². The minimum absolute atomic E-state index is 0.400. The average molecular weight is 380 g/mol. The number of aryl methyl sites for hydroxylation is 1. The Morgan fingerprint density at radius 2 is 2.13 bits per heavy atom. The van der Waals surface area contributed by atoms with E-state index in [2.05, 4.69) is 39.2 Å². The van der Waals surface area contributed by atoms with Gasteiger partial charge in [0.05, 0.1) is 6.33 Å². The van der Waals surface area contributed by atoms with Crippen LogP contribution >= 0.6 is 15.9 Å². The van der Waals surface area contributed by atoms with Gasteiger partial charge in [-0.3, -0.25) is 0 Å². The van der Waals surface area contributed by atoms with Crippen molar-refractivity contribution in [2.45, 2.75) is 39.7 Å². The number of carbonyl (C=O) groups is 1. The molecule has 0 saturated heterocycles. The molecular formula is C17H22BrN3O2. The van der Waals surface area contributed by atoms with Crippen LogP contribution in [0.4, 0.5) is 4.79 Å². The predicted octanol–water partition coefficient (Wildman–Crippen LogP) is 4.01. The molecule has 2 rings (SSSR count). The fourth-order valence-electron chi connectivity index (χ4n) is 2.22. The van der Waals surface area contributed by atoms with Crippen LogP contribution in [0.1, 0.15) is 32.0 Å². The second kappa shape index (κ2) is 7.17. The number of rotatable bonds is 4. The summed E-state index contributed by atoms with van der Waals surface area (Å²) in [4.78, 5) is 15.9. The summed E-state index contributed by atoms with van der Waals surface area (Å²) in [6, 6.07) is 6.12. The van der Waals surface area contributed by atoms with Crippen molar-refractivity contribution in [3.05, 3.63) is 46.5 Å². The molecule has 0 aliphatic heterocycles. The summed E-state index contributed by atoms with van der Waals surface area (Å²) >= 11 is 3.47. The monoisotopic (exact) mass is 379 g/mol. The number of imidazole rings is 1. The summed E-state index contributed by atoms with van der Waals surface area (Å²) in [5, 5.41) is 2.77. The van der Waals surface area contributed by atoms with Gasteiger partial charge in [0.15, 0.2) is 0 Å². The Morgan fingerprint density at radius 1 is 1.39 bits per heavy atom. The molecule has 0 saturated carbocycles. The van der Waals surface area contributed by atoms with E-state index in [0.29, 0.717) is 13.0 Å². The lowest BCUT2D eigenvalue weighted by Gasteiger charge is -2.19. The van der Waals surface area contributed by atoms with Gasteiger partial charge in [0.25, 0.3) is 0 Å². The van der Waals surface area contributed by atoms with Gasteiger partial charge in [0, 0.05) is 35.0 Å². The molecule has 0 bridgehead atoms. The minimum Gasteiger partial charge on any atom is -0.444 e. The second-order valence-electron chi connectivity index (χ2n) is 6.36. The molecule has 1 aromatic heterocycles. The third-order valence-electron chi connectivity index (χ3n) is 3.18. The predicted molar refractivity (Wildman–Crippen MR) is 93.9 cm³/mol. The van der Waals surface area contributed by atoms with Gasteiger partial charge < -0.3 is 14.6 Å². The van der Waals surface area contributed by atoms with Gasteiger partial charge in [0.1, 0.15) is 5.60 Å². The van der Waals surface area contributed by atoms with Gasteiger partial charge in [-0.1, -0.05) is 15.9 Å². The Hall–Kier alpha value is -1.82. The first kappa shape index (κ1) is 17.5. The highest BCUT2D eigenvalue weighted by atomic mass is 79.9. The molecule has 1 heterocycles. The van der Waals surface area contributed by atoms with E-state index in [4.69, 9.17) is 4.74 Å². The number of hydrogen-bond acceptors (Lipinski definition) is 3. The quantitative estimate of drug-likeness (QED) is 0.872. The molecule has 2 aromatic rings. The van der Waals surface area contributed by atoms with Crippen LogP contribution in [0.2, 0.25) is 0 Å².